The van der Waals surface area contributed by atoms with Gasteiger partial charge in [-0.2, -0.15) is 0 Å². The molecular weight excluding hydrogens is 625 g/mol. The molecule has 2 aliphatic carbocycles. The number of thiophene rings is 1. The molecule has 1 spiro atoms. The third-order valence-corrected chi connectivity index (χ3v) is 11.9. The molecule has 0 bridgehead atoms. The average molecular weight is 653 g/mol. The van der Waals surface area contributed by atoms with E-state index in [1.165, 1.54) is 64.7 Å². The highest BCUT2D eigenvalue weighted by molar-refractivity contribution is 7.25. The lowest BCUT2D eigenvalue weighted by molar-refractivity contribution is 0.794. The van der Waals surface area contributed by atoms with Crippen molar-refractivity contribution < 1.29 is 0 Å². The van der Waals surface area contributed by atoms with Crippen LogP contribution in [0.3, 0.4) is 0 Å². The fourth-order valence-corrected chi connectivity index (χ4v) is 9.83. The van der Waals surface area contributed by atoms with E-state index in [0.29, 0.717) is 0 Å². The van der Waals surface area contributed by atoms with Crippen LogP contribution in [0.15, 0.2) is 170 Å². The molecule has 0 saturated heterocycles. The molecule has 0 N–H and O–H groups in total. The van der Waals surface area contributed by atoms with Crippen LogP contribution in [0, 0.1) is 0 Å². The molecule has 11 rings (SSSR count). The van der Waals surface area contributed by atoms with Crippen molar-refractivity contribution in [2.45, 2.75) is 5.41 Å². The van der Waals surface area contributed by atoms with Gasteiger partial charge in [-0.15, -0.1) is 11.3 Å². The Morgan fingerprint density at radius 2 is 0.940 bits per heavy atom. The fraction of sp³-hybridized carbons (Fsp3) is 0.0213. The Kier molecular flexibility index (Phi) is 5.78. The maximum absolute atomic E-state index is 5.41. The summed E-state index contributed by atoms with van der Waals surface area (Å²) in [6.07, 6.45) is 0. The normalized spacial score (nSPS) is 13.4. The first-order valence-electron chi connectivity index (χ1n) is 17.1. The minimum absolute atomic E-state index is 0.415. The average Bonchev–Trinajstić information content (AvgIpc) is 3.82. The molecule has 9 aromatic rings. The smallest absolute Gasteiger partial charge is 0.161 e. The van der Waals surface area contributed by atoms with Crippen LogP contribution in [-0.4, -0.2) is 9.97 Å². The number of hydrogen-bond donors (Lipinski definition) is 0. The molecule has 2 heterocycles. The lowest BCUT2D eigenvalue weighted by atomic mass is 9.70. The summed E-state index contributed by atoms with van der Waals surface area (Å²) in [5.41, 5.74) is 15.0. The maximum Gasteiger partial charge on any atom is 0.161 e. The van der Waals surface area contributed by atoms with E-state index in [0.717, 1.165) is 33.9 Å². The summed E-state index contributed by atoms with van der Waals surface area (Å²) in [4.78, 5) is 10.7. The SMILES string of the molecule is c1ccc(-c2cc(-c3ccc4c(c3)sc3ccccc34)nc(-c3cccc4c3-c3ccccc3C43c4ccccc4-c4ccccc43)n2)cc1. The predicted octanol–water partition coefficient (Wildman–Crippen LogP) is 12.2. The van der Waals surface area contributed by atoms with Crippen molar-refractivity contribution in [1.82, 2.24) is 9.97 Å². The number of hydrogen-bond acceptors (Lipinski definition) is 3. The van der Waals surface area contributed by atoms with Crippen molar-refractivity contribution in [2.75, 3.05) is 0 Å². The molecule has 0 saturated carbocycles. The van der Waals surface area contributed by atoms with Crippen molar-refractivity contribution in [2.24, 2.45) is 0 Å². The number of rotatable bonds is 3. The van der Waals surface area contributed by atoms with Crippen LogP contribution >= 0.6 is 11.3 Å². The third-order valence-electron chi connectivity index (χ3n) is 10.7. The molecule has 0 unspecified atom stereocenters. The summed E-state index contributed by atoms with van der Waals surface area (Å²) in [5.74, 6) is 0.737. The summed E-state index contributed by atoms with van der Waals surface area (Å²) in [5, 5.41) is 2.58. The van der Waals surface area contributed by atoms with Crippen LogP contribution in [0.5, 0.6) is 0 Å². The zero-order chi connectivity index (χ0) is 32.8. The number of benzene rings is 7. The summed E-state index contributed by atoms with van der Waals surface area (Å²) < 4.78 is 2.57. The Balaban J connectivity index is 1.19. The quantitative estimate of drug-likeness (QED) is 0.190. The molecule has 7 aromatic carbocycles. The molecule has 0 radical (unpaired) electrons. The molecule has 50 heavy (non-hydrogen) atoms. The van der Waals surface area contributed by atoms with Crippen molar-refractivity contribution in [3.05, 3.63) is 192 Å². The highest BCUT2D eigenvalue weighted by Gasteiger charge is 2.52. The van der Waals surface area contributed by atoms with Crippen LogP contribution in [0.4, 0.5) is 0 Å². The topological polar surface area (TPSA) is 25.8 Å². The number of aromatic nitrogens is 2. The van der Waals surface area contributed by atoms with Gasteiger partial charge in [-0.25, -0.2) is 9.97 Å². The molecule has 3 heteroatoms. The Hall–Kier alpha value is -6.16. The van der Waals surface area contributed by atoms with Crippen LogP contribution in [0.2, 0.25) is 0 Å². The third kappa shape index (κ3) is 3.73. The lowest BCUT2D eigenvalue weighted by Crippen LogP contribution is -2.25. The first-order valence-corrected chi connectivity index (χ1v) is 17.9. The van der Waals surface area contributed by atoms with Crippen LogP contribution in [0.1, 0.15) is 22.3 Å². The summed E-state index contributed by atoms with van der Waals surface area (Å²) in [7, 11) is 0. The zero-order valence-electron chi connectivity index (χ0n) is 27.0. The van der Waals surface area contributed by atoms with E-state index >= 15 is 0 Å². The van der Waals surface area contributed by atoms with Gasteiger partial charge in [0.05, 0.1) is 16.8 Å². The Morgan fingerprint density at radius 3 is 1.70 bits per heavy atom. The lowest BCUT2D eigenvalue weighted by Gasteiger charge is -2.30. The van der Waals surface area contributed by atoms with Gasteiger partial charge in [0.2, 0.25) is 0 Å². The van der Waals surface area contributed by atoms with E-state index in [1.807, 2.05) is 11.3 Å². The minimum atomic E-state index is -0.415. The Bertz CT molecular complexity index is 2780. The van der Waals surface area contributed by atoms with Gasteiger partial charge in [-0.1, -0.05) is 152 Å². The predicted molar refractivity (Wildman–Crippen MR) is 208 cm³/mol. The first-order chi connectivity index (χ1) is 24.8. The minimum Gasteiger partial charge on any atom is -0.228 e. The van der Waals surface area contributed by atoms with Gasteiger partial charge >= 0.3 is 0 Å². The standard InChI is InChI=1S/C47H28N2S/c1-2-13-29(14-3-1)41-28-42(30-25-26-34-33-17-7-11-24-43(33)50-44(34)27-30)49-46(48-41)36-19-12-23-40-45(36)35-18-6-10-22-39(35)47(40)37-20-8-4-15-31(37)32-16-5-9-21-38(32)47/h1-28H. The van der Waals surface area contributed by atoms with Crippen molar-refractivity contribution in [3.8, 4) is 56.2 Å². The van der Waals surface area contributed by atoms with Gasteiger partial charge in [-0.05, 0) is 62.7 Å². The maximum atomic E-state index is 5.41. The molecule has 2 nitrogen and oxygen atoms in total. The van der Waals surface area contributed by atoms with Crippen LogP contribution < -0.4 is 0 Å². The van der Waals surface area contributed by atoms with Crippen molar-refractivity contribution in [3.63, 3.8) is 0 Å². The largest absolute Gasteiger partial charge is 0.228 e. The van der Waals surface area contributed by atoms with E-state index in [1.54, 1.807) is 0 Å². The van der Waals surface area contributed by atoms with E-state index in [2.05, 4.69) is 170 Å². The molecule has 0 amide bonds. The molecule has 0 atom stereocenters. The van der Waals surface area contributed by atoms with Crippen molar-refractivity contribution in [1.29, 1.82) is 0 Å². The summed E-state index contributed by atoms with van der Waals surface area (Å²) in [6, 6.07) is 61.6. The van der Waals surface area contributed by atoms with Crippen LogP contribution in [-0.2, 0) is 5.41 Å². The number of fused-ring (bicyclic) bond motifs is 13. The molecule has 0 aliphatic heterocycles. The highest BCUT2D eigenvalue weighted by atomic mass is 32.1. The van der Waals surface area contributed by atoms with E-state index in [9.17, 15) is 0 Å². The fourth-order valence-electron chi connectivity index (χ4n) is 8.69. The van der Waals surface area contributed by atoms with Gasteiger partial charge in [0.15, 0.2) is 5.82 Å². The van der Waals surface area contributed by atoms with E-state index in [4.69, 9.17) is 9.97 Å². The summed E-state index contributed by atoms with van der Waals surface area (Å²) >= 11 is 1.84. The van der Waals surface area contributed by atoms with E-state index in [-0.39, 0.29) is 0 Å². The monoisotopic (exact) mass is 652 g/mol. The number of nitrogens with zero attached hydrogens (tertiary/aromatic N) is 2. The highest BCUT2D eigenvalue weighted by Crippen LogP contribution is 2.63. The van der Waals surface area contributed by atoms with E-state index < -0.39 is 5.41 Å². The Labute approximate surface area is 294 Å². The van der Waals surface area contributed by atoms with Crippen LogP contribution in [0.25, 0.3) is 76.3 Å². The zero-order valence-corrected chi connectivity index (χ0v) is 27.8. The molecular formula is C47H28N2S. The van der Waals surface area contributed by atoms with Gasteiger partial charge in [0.25, 0.3) is 0 Å². The second-order valence-electron chi connectivity index (χ2n) is 13.3. The molecule has 232 valence electrons. The second-order valence-corrected chi connectivity index (χ2v) is 14.3. The summed E-state index contributed by atoms with van der Waals surface area (Å²) in [6.45, 7) is 0. The molecule has 0 fully saturated rings. The van der Waals surface area contributed by atoms with Gasteiger partial charge < -0.3 is 0 Å². The molecule has 2 aromatic heterocycles. The van der Waals surface area contributed by atoms with Crippen molar-refractivity contribution >= 4 is 31.5 Å². The Morgan fingerprint density at radius 1 is 0.380 bits per heavy atom. The molecule has 2 aliphatic rings. The first kappa shape index (κ1) is 27.8. The van der Waals surface area contributed by atoms with Gasteiger partial charge in [0.1, 0.15) is 0 Å². The second kappa shape index (κ2) is 10.4. The van der Waals surface area contributed by atoms with Gasteiger partial charge in [-0.3, -0.25) is 0 Å². The van der Waals surface area contributed by atoms with Gasteiger partial charge in [0, 0.05) is 36.9 Å².